The van der Waals surface area contributed by atoms with Gasteiger partial charge in [-0.15, -0.1) is 0 Å². The van der Waals surface area contributed by atoms with E-state index in [9.17, 15) is 9.59 Å². The first-order chi connectivity index (χ1) is 14.5. The molecule has 1 aromatic heterocycles. The molecule has 0 saturated carbocycles. The van der Waals surface area contributed by atoms with Crippen LogP contribution in [0.4, 0.5) is 5.69 Å². The minimum absolute atomic E-state index is 0.223. The van der Waals surface area contributed by atoms with Crippen LogP contribution in [0.5, 0.6) is 5.75 Å². The van der Waals surface area contributed by atoms with Gasteiger partial charge in [0.1, 0.15) is 11.4 Å². The number of para-hydroxylation sites is 2. The van der Waals surface area contributed by atoms with Gasteiger partial charge in [-0.3, -0.25) is 14.3 Å². The van der Waals surface area contributed by atoms with Crippen LogP contribution in [0.3, 0.4) is 0 Å². The summed E-state index contributed by atoms with van der Waals surface area (Å²) in [5.74, 6) is 0.236. The molecule has 1 amide bonds. The number of nitrogens with one attached hydrogen (secondary N) is 1. The number of anilines is 1. The van der Waals surface area contributed by atoms with Gasteiger partial charge in [0, 0.05) is 19.0 Å². The molecule has 8 heteroatoms. The number of oxime groups is 1. The molecule has 0 fully saturated rings. The Bertz CT molecular complexity index is 1180. The first-order valence-corrected chi connectivity index (χ1v) is 9.52. The number of carbonyl (C=O) groups excluding carboxylic acids is 1. The zero-order valence-electron chi connectivity index (χ0n) is 17.0. The SMILES string of the molecule is COc1ccccc1C1=NO[C@H](C(=O)Nc2c(C)n(C)n(-c3ccccc3)c2=O)C1. The molecule has 0 saturated heterocycles. The fourth-order valence-corrected chi connectivity index (χ4v) is 3.48. The van der Waals surface area contributed by atoms with Crippen LogP contribution in [0.2, 0.25) is 0 Å². The molecule has 8 nitrogen and oxygen atoms in total. The summed E-state index contributed by atoms with van der Waals surface area (Å²) in [7, 11) is 3.35. The van der Waals surface area contributed by atoms with E-state index in [1.54, 1.807) is 25.8 Å². The van der Waals surface area contributed by atoms with Gasteiger partial charge in [-0.05, 0) is 31.2 Å². The molecule has 1 aliphatic rings. The van der Waals surface area contributed by atoms with Gasteiger partial charge in [0.05, 0.1) is 24.2 Å². The molecule has 0 unspecified atom stereocenters. The average Bonchev–Trinajstić information content (AvgIpc) is 3.34. The van der Waals surface area contributed by atoms with Crippen molar-refractivity contribution in [2.24, 2.45) is 12.2 Å². The number of amides is 1. The van der Waals surface area contributed by atoms with Crippen molar-refractivity contribution in [1.29, 1.82) is 0 Å². The Hall–Kier alpha value is -3.81. The number of hydrogen-bond donors (Lipinski definition) is 1. The summed E-state index contributed by atoms with van der Waals surface area (Å²) in [6.07, 6.45) is -0.542. The fourth-order valence-electron chi connectivity index (χ4n) is 3.48. The molecule has 4 rings (SSSR count). The third-order valence-corrected chi connectivity index (χ3v) is 5.18. The Morgan fingerprint density at radius 1 is 1.17 bits per heavy atom. The molecule has 1 aliphatic heterocycles. The Labute approximate surface area is 173 Å². The highest BCUT2D eigenvalue weighted by atomic mass is 16.6. The highest BCUT2D eigenvalue weighted by Crippen LogP contribution is 2.25. The van der Waals surface area contributed by atoms with E-state index in [0.717, 1.165) is 5.56 Å². The molecule has 0 spiro atoms. The number of hydrogen-bond acceptors (Lipinski definition) is 5. The van der Waals surface area contributed by atoms with E-state index in [0.29, 0.717) is 22.8 Å². The molecular formula is C22H22N4O4. The maximum atomic E-state index is 13.0. The van der Waals surface area contributed by atoms with Crippen molar-refractivity contribution in [1.82, 2.24) is 9.36 Å². The minimum Gasteiger partial charge on any atom is -0.496 e. The van der Waals surface area contributed by atoms with Crippen LogP contribution in [-0.2, 0) is 16.7 Å². The molecule has 0 bridgehead atoms. The first kappa shape index (κ1) is 19.5. The topological polar surface area (TPSA) is 86.8 Å². The zero-order chi connectivity index (χ0) is 21.3. The van der Waals surface area contributed by atoms with E-state index in [2.05, 4.69) is 10.5 Å². The second-order valence-corrected chi connectivity index (χ2v) is 6.96. The minimum atomic E-state index is -0.825. The van der Waals surface area contributed by atoms with E-state index >= 15 is 0 Å². The molecular weight excluding hydrogens is 384 g/mol. The van der Waals surface area contributed by atoms with Gasteiger partial charge in [0.25, 0.3) is 11.5 Å². The van der Waals surface area contributed by atoms with Crippen LogP contribution in [0.1, 0.15) is 17.7 Å². The quantitative estimate of drug-likeness (QED) is 0.706. The monoisotopic (exact) mass is 406 g/mol. The van der Waals surface area contributed by atoms with Crippen LogP contribution in [0.25, 0.3) is 5.69 Å². The van der Waals surface area contributed by atoms with Crippen molar-refractivity contribution in [3.8, 4) is 11.4 Å². The van der Waals surface area contributed by atoms with Gasteiger partial charge in [-0.25, -0.2) is 4.68 Å². The highest BCUT2D eigenvalue weighted by Gasteiger charge is 2.31. The number of rotatable bonds is 5. The van der Waals surface area contributed by atoms with Gasteiger partial charge >= 0.3 is 0 Å². The van der Waals surface area contributed by atoms with Crippen molar-refractivity contribution in [3.63, 3.8) is 0 Å². The Morgan fingerprint density at radius 2 is 1.87 bits per heavy atom. The predicted molar refractivity (Wildman–Crippen MR) is 113 cm³/mol. The van der Waals surface area contributed by atoms with Gasteiger partial charge in [-0.2, -0.15) is 0 Å². The van der Waals surface area contributed by atoms with Crippen molar-refractivity contribution < 1.29 is 14.4 Å². The fraction of sp³-hybridized carbons (Fsp3) is 0.227. The molecule has 1 N–H and O–H groups in total. The number of methoxy groups -OCH3 is 1. The third-order valence-electron chi connectivity index (χ3n) is 5.18. The van der Waals surface area contributed by atoms with Gasteiger partial charge in [0.15, 0.2) is 0 Å². The number of ether oxygens (including phenoxy) is 1. The van der Waals surface area contributed by atoms with E-state index in [-0.39, 0.29) is 17.7 Å². The summed E-state index contributed by atoms with van der Waals surface area (Å²) in [6, 6.07) is 16.7. The van der Waals surface area contributed by atoms with Crippen LogP contribution >= 0.6 is 0 Å². The van der Waals surface area contributed by atoms with Crippen molar-refractivity contribution in [2.45, 2.75) is 19.4 Å². The molecule has 2 heterocycles. The lowest BCUT2D eigenvalue weighted by Gasteiger charge is -2.09. The predicted octanol–water partition coefficient (Wildman–Crippen LogP) is 2.62. The van der Waals surface area contributed by atoms with Crippen LogP contribution < -0.4 is 15.6 Å². The Balaban J connectivity index is 1.54. The van der Waals surface area contributed by atoms with Crippen molar-refractivity contribution in [3.05, 3.63) is 76.2 Å². The van der Waals surface area contributed by atoms with Gasteiger partial charge in [0.2, 0.25) is 6.10 Å². The summed E-state index contributed by atoms with van der Waals surface area (Å²) in [5.41, 5.74) is 2.67. The van der Waals surface area contributed by atoms with Gasteiger partial charge < -0.3 is 14.9 Å². The summed E-state index contributed by atoms with van der Waals surface area (Å²) < 4.78 is 8.57. The van der Waals surface area contributed by atoms with Crippen molar-refractivity contribution in [2.75, 3.05) is 12.4 Å². The van der Waals surface area contributed by atoms with E-state index in [1.165, 1.54) is 4.68 Å². The lowest BCUT2D eigenvalue weighted by atomic mass is 10.0. The zero-order valence-corrected chi connectivity index (χ0v) is 17.0. The molecule has 154 valence electrons. The van der Waals surface area contributed by atoms with Crippen molar-refractivity contribution >= 4 is 17.3 Å². The third kappa shape index (κ3) is 3.36. The number of benzene rings is 2. The molecule has 2 aromatic carbocycles. The number of nitrogens with zero attached hydrogens (tertiary/aromatic N) is 3. The number of aromatic nitrogens is 2. The highest BCUT2D eigenvalue weighted by molar-refractivity contribution is 6.07. The molecule has 30 heavy (non-hydrogen) atoms. The summed E-state index contributed by atoms with van der Waals surface area (Å²) in [4.78, 5) is 31.1. The normalized spacial score (nSPS) is 15.4. The maximum Gasteiger partial charge on any atom is 0.295 e. The Morgan fingerprint density at radius 3 is 2.60 bits per heavy atom. The molecule has 3 aromatic rings. The maximum absolute atomic E-state index is 13.0. The smallest absolute Gasteiger partial charge is 0.295 e. The van der Waals surface area contributed by atoms with Crippen LogP contribution in [0, 0.1) is 6.92 Å². The summed E-state index contributed by atoms with van der Waals surface area (Å²) in [6.45, 7) is 1.78. The lowest BCUT2D eigenvalue weighted by Crippen LogP contribution is -2.30. The second kappa shape index (κ2) is 7.90. The van der Waals surface area contributed by atoms with E-state index < -0.39 is 12.0 Å². The lowest BCUT2D eigenvalue weighted by molar-refractivity contribution is -0.125. The first-order valence-electron chi connectivity index (χ1n) is 9.52. The molecule has 0 radical (unpaired) electrons. The second-order valence-electron chi connectivity index (χ2n) is 6.96. The Kier molecular flexibility index (Phi) is 5.14. The van der Waals surface area contributed by atoms with E-state index in [1.807, 2.05) is 54.6 Å². The van der Waals surface area contributed by atoms with Crippen LogP contribution in [0.15, 0.2) is 64.5 Å². The summed E-state index contributed by atoms with van der Waals surface area (Å²) in [5, 5.41) is 6.79. The average molecular weight is 406 g/mol. The summed E-state index contributed by atoms with van der Waals surface area (Å²) >= 11 is 0. The number of carbonyl (C=O) groups is 1. The largest absolute Gasteiger partial charge is 0.496 e. The van der Waals surface area contributed by atoms with Crippen LogP contribution in [-0.4, -0.2) is 34.2 Å². The molecule has 1 atom stereocenters. The standard InChI is InChI=1S/C22H22N4O4/c1-14-20(22(28)26(25(14)2)15-9-5-4-6-10-15)23-21(27)19-13-17(24-30-19)16-11-7-8-12-18(16)29-3/h4-12,19H,13H2,1-3H3,(H,23,27)/t19-/m0/s1. The molecule has 0 aliphatic carbocycles. The van der Waals surface area contributed by atoms with E-state index in [4.69, 9.17) is 9.57 Å². The van der Waals surface area contributed by atoms with Gasteiger partial charge in [-0.1, -0.05) is 35.5 Å².